The van der Waals surface area contributed by atoms with E-state index in [0.29, 0.717) is 17.7 Å². The number of rotatable bonds is 4. The van der Waals surface area contributed by atoms with Crippen LogP contribution in [-0.4, -0.2) is 28.4 Å². The van der Waals surface area contributed by atoms with E-state index in [2.05, 4.69) is 0 Å². The first kappa shape index (κ1) is 14.8. The molecule has 2 aromatic rings. The Bertz CT molecular complexity index is 689. The molecule has 3 heterocycles. The first-order chi connectivity index (χ1) is 10.6. The third-order valence-corrected chi connectivity index (χ3v) is 4.94. The number of aliphatic carboxylic acids is 1. The molecule has 0 radical (unpaired) electrons. The summed E-state index contributed by atoms with van der Waals surface area (Å²) in [6.45, 7) is 2.47. The van der Waals surface area contributed by atoms with Crippen LogP contribution in [0.1, 0.15) is 45.4 Å². The minimum absolute atomic E-state index is 0.0829. The van der Waals surface area contributed by atoms with E-state index in [1.54, 1.807) is 18.3 Å². The van der Waals surface area contributed by atoms with Crippen molar-refractivity contribution in [1.82, 2.24) is 4.90 Å². The lowest BCUT2D eigenvalue weighted by atomic mass is 10.1. The molecule has 1 unspecified atom stereocenters. The van der Waals surface area contributed by atoms with E-state index < -0.39 is 5.97 Å². The van der Waals surface area contributed by atoms with Gasteiger partial charge in [0.15, 0.2) is 0 Å². The number of hydrogen-bond donors (Lipinski definition) is 1. The van der Waals surface area contributed by atoms with Crippen LogP contribution in [0, 0.1) is 6.92 Å². The fraction of sp³-hybridized carbons (Fsp3) is 0.375. The summed E-state index contributed by atoms with van der Waals surface area (Å²) < 4.78 is 5.29. The number of likely N-dealkylation sites (tertiary alicyclic amines) is 1. The lowest BCUT2D eigenvalue weighted by Crippen LogP contribution is -2.31. The summed E-state index contributed by atoms with van der Waals surface area (Å²) in [5.74, 6) is -0.884. The molecule has 1 amide bonds. The van der Waals surface area contributed by atoms with E-state index in [1.165, 1.54) is 11.1 Å². The quantitative estimate of drug-likeness (QED) is 0.939. The van der Waals surface area contributed by atoms with Crippen LogP contribution in [0.15, 0.2) is 28.2 Å². The van der Waals surface area contributed by atoms with Crippen molar-refractivity contribution in [2.75, 3.05) is 6.54 Å². The fourth-order valence-electron chi connectivity index (χ4n) is 2.98. The second-order valence-corrected chi connectivity index (χ2v) is 6.44. The number of furan rings is 1. The SMILES string of the molecule is Cc1coc(CC(=O)O)c1C(=O)N1CCCC1c1cccs1. The van der Waals surface area contributed by atoms with Crippen LogP contribution < -0.4 is 0 Å². The van der Waals surface area contributed by atoms with Gasteiger partial charge in [0.05, 0.1) is 17.9 Å². The van der Waals surface area contributed by atoms with Crippen molar-refractivity contribution in [3.63, 3.8) is 0 Å². The molecule has 116 valence electrons. The van der Waals surface area contributed by atoms with Gasteiger partial charge in [-0.3, -0.25) is 9.59 Å². The van der Waals surface area contributed by atoms with Crippen molar-refractivity contribution in [3.8, 4) is 0 Å². The maximum atomic E-state index is 12.9. The third-order valence-electron chi connectivity index (χ3n) is 3.96. The monoisotopic (exact) mass is 319 g/mol. The smallest absolute Gasteiger partial charge is 0.311 e. The van der Waals surface area contributed by atoms with Gasteiger partial charge in [0, 0.05) is 17.0 Å². The zero-order valence-electron chi connectivity index (χ0n) is 12.2. The van der Waals surface area contributed by atoms with Crippen LogP contribution in [0.3, 0.4) is 0 Å². The number of hydrogen-bond acceptors (Lipinski definition) is 4. The molecule has 0 aromatic carbocycles. The number of aryl methyl sites for hydroxylation is 1. The van der Waals surface area contributed by atoms with Gasteiger partial charge < -0.3 is 14.4 Å². The highest BCUT2D eigenvalue weighted by Crippen LogP contribution is 2.36. The van der Waals surface area contributed by atoms with Crippen LogP contribution in [0.5, 0.6) is 0 Å². The minimum atomic E-state index is -1.00. The largest absolute Gasteiger partial charge is 0.481 e. The molecule has 0 spiro atoms. The fourth-order valence-corrected chi connectivity index (χ4v) is 3.86. The lowest BCUT2D eigenvalue weighted by Gasteiger charge is -2.24. The predicted molar refractivity (Wildman–Crippen MR) is 82.1 cm³/mol. The highest BCUT2D eigenvalue weighted by Gasteiger charge is 2.34. The van der Waals surface area contributed by atoms with Gasteiger partial charge in [0.25, 0.3) is 5.91 Å². The van der Waals surface area contributed by atoms with Gasteiger partial charge in [-0.05, 0) is 31.2 Å². The van der Waals surface area contributed by atoms with Crippen LogP contribution in [0.25, 0.3) is 0 Å². The third kappa shape index (κ3) is 2.66. The van der Waals surface area contributed by atoms with Crippen molar-refractivity contribution in [2.45, 2.75) is 32.2 Å². The van der Waals surface area contributed by atoms with E-state index in [0.717, 1.165) is 12.8 Å². The molecular formula is C16H17NO4S. The van der Waals surface area contributed by atoms with Gasteiger partial charge in [-0.25, -0.2) is 0 Å². The molecule has 2 aromatic heterocycles. The zero-order chi connectivity index (χ0) is 15.7. The molecule has 6 heteroatoms. The van der Waals surface area contributed by atoms with Crippen LogP contribution in [-0.2, 0) is 11.2 Å². The average Bonchev–Trinajstić information content (AvgIpc) is 3.17. The van der Waals surface area contributed by atoms with Gasteiger partial charge in [0.2, 0.25) is 0 Å². The van der Waals surface area contributed by atoms with Crippen LogP contribution >= 0.6 is 11.3 Å². The van der Waals surface area contributed by atoms with Crippen molar-refractivity contribution >= 4 is 23.2 Å². The van der Waals surface area contributed by atoms with E-state index in [4.69, 9.17) is 9.52 Å². The maximum absolute atomic E-state index is 12.9. The summed E-state index contributed by atoms with van der Waals surface area (Å²) in [6, 6.07) is 4.11. The van der Waals surface area contributed by atoms with Gasteiger partial charge in [-0.1, -0.05) is 6.07 Å². The summed E-state index contributed by atoms with van der Waals surface area (Å²) in [7, 11) is 0. The number of carbonyl (C=O) groups is 2. The highest BCUT2D eigenvalue weighted by molar-refractivity contribution is 7.10. The van der Waals surface area contributed by atoms with Crippen LogP contribution in [0.4, 0.5) is 0 Å². The Kier molecular flexibility index (Phi) is 4.02. The summed E-state index contributed by atoms with van der Waals surface area (Å²) in [5.41, 5.74) is 1.10. The van der Waals surface area contributed by atoms with Gasteiger partial charge >= 0.3 is 5.97 Å². The van der Waals surface area contributed by atoms with Gasteiger partial charge in [-0.15, -0.1) is 11.3 Å². The van der Waals surface area contributed by atoms with Crippen molar-refractivity contribution in [1.29, 1.82) is 0 Å². The first-order valence-electron chi connectivity index (χ1n) is 7.21. The molecular weight excluding hydrogens is 302 g/mol. The molecule has 1 aliphatic heterocycles. The Labute approximate surface area is 132 Å². The predicted octanol–water partition coefficient (Wildman–Crippen LogP) is 3.25. The Balaban J connectivity index is 1.90. The molecule has 1 fully saturated rings. The summed E-state index contributed by atoms with van der Waals surface area (Å²) in [5, 5.41) is 11.0. The average molecular weight is 319 g/mol. The molecule has 5 nitrogen and oxygen atoms in total. The number of carboxylic acid groups (broad SMARTS) is 1. The zero-order valence-corrected chi connectivity index (χ0v) is 13.1. The normalized spacial score (nSPS) is 17.9. The molecule has 1 N–H and O–H groups in total. The summed E-state index contributed by atoms with van der Waals surface area (Å²) in [6.07, 6.45) is 3.09. The first-order valence-corrected chi connectivity index (χ1v) is 8.09. The molecule has 0 aliphatic carbocycles. The topological polar surface area (TPSA) is 70.7 Å². The second kappa shape index (κ2) is 5.96. The van der Waals surface area contributed by atoms with Gasteiger partial charge in [0.1, 0.15) is 12.2 Å². The standard InChI is InChI=1S/C16H17NO4S/c1-10-9-21-12(8-14(18)19)15(10)16(20)17-6-2-4-11(17)13-5-3-7-22-13/h3,5,7,9,11H,2,4,6,8H2,1H3,(H,18,19). The highest BCUT2D eigenvalue weighted by atomic mass is 32.1. The van der Waals surface area contributed by atoms with Crippen molar-refractivity contribution in [2.24, 2.45) is 0 Å². The minimum Gasteiger partial charge on any atom is -0.481 e. The maximum Gasteiger partial charge on any atom is 0.311 e. The number of thiophene rings is 1. The Morgan fingerprint density at radius 3 is 3.00 bits per heavy atom. The van der Waals surface area contributed by atoms with Crippen molar-refractivity contribution in [3.05, 3.63) is 45.5 Å². The number of carbonyl (C=O) groups excluding carboxylic acids is 1. The molecule has 3 rings (SSSR count). The van der Waals surface area contributed by atoms with Crippen molar-refractivity contribution < 1.29 is 19.1 Å². The molecule has 22 heavy (non-hydrogen) atoms. The summed E-state index contributed by atoms with van der Waals surface area (Å²) in [4.78, 5) is 26.9. The number of carboxylic acids is 1. The van der Waals surface area contributed by atoms with E-state index >= 15 is 0 Å². The number of nitrogens with zero attached hydrogens (tertiary/aromatic N) is 1. The molecule has 0 bridgehead atoms. The Morgan fingerprint density at radius 2 is 2.32 bits per heavy atom. The number of amides is 1. The molecule has 1 aliphatic rings. The lowest BCUT2D eigenvalue weighted by molar-refractivity contribution is -0.136. The molecule has 1 atom stereocenters. The molecule has 0 saturated carbocycles. The van der Waals surface area contributed by atoms with Gasteiger partial charge in [-0.2, -0.15) is 0 Å². The van der Waals surface area contributed by atoms with Crippen LogP contribution in [0.2, 0.25) is 0 Å². The second-order valence-electron chi connectivity index (χ2n) is 5.46. The van der Waals surface area contributed by atoms with E-state index in [1.807, 2.05) is 22.4 Å². The Morgan fingerprint density at radius 1 is 1.50 bits per heavy atom. The Hall–Kier alpha value is -2.08. The molecule has 1 saturated heterocycles. The van der Waals surface area contributed by atoms with E-state index in [9.17, 15) is 9.59 Å². The summed E-state index contributed by atoms with van der Waals surface area (Å²) >= 11 is 1.65. The van der Waals surface area contributed by atoms with E-state index in [-0.39, 0.29) is 24.1 Å².